The van der Waals surface area contributed by atoms with E-state index in [1.54, 1.807) is 24.4 Å². The van der Waals surface area contributed by atoms with Gasteiger partial charge in [-0.1, -0.05) is 22.0 Å². The molecule has 0 radical (unpaired) electrons. The number of esters is 1. The summed E-state index contributed by atoms with van der Waals surface area (Å²) in [5.41, 5.74) is 1.91. The SMILES string of the molecule is Cc1ccc2nc(COC(=O)CCn3cnc4ccc(Br)cc4c3=O)cc(=O)n2c1. The molecule has 0 saturated carbocycles. The van der Waals surface area contributed by atoms with Gasteiger partial charge in [0, 0.05) is 23.3 Å². The number of fused-ring (bicyclic) bond motifs is 2. The molecule has 0 aliphatic carbocycles. The minimum atomic E-state index is -0.498. The van der Waals surface area contributed by atoms with Crippen molar-refractivity contribution in [3.05, 3.63) is 85.4 Å². The predicted molar refractivity (Wildman–Crippen MR) is 114 cm³/mol. The second-order valence-corrected chi connectivity index (χ2v) is 7.75. The third-order valence-corrected chi connectivity index (χ3v) is 5.08. The molecule has 4 aromatic rings. The number of halogens is 1. The number of hydrogen-bond donors (Lipinski definition) is 0. The Labute approximate surface area is 178 Å². The number of aromatic nitrogens is 4. The molecule has 0 aliphatic rings. The average molecular weight is 469 g/mol. The summed E-state index contributed by atoms with van der Waals surface area (Å²) in [6.45, 7) is 1.91. The summed E-state index contributed by atoms with van der Waals surface area (Å²) in [6, 6.07) is 10.2. The number of aryl methyl sites for hydroxylation is 2. The fourth-order valence-electron chi connectivity index (χ4n) is 3.06. The van der Waals surface area contributed by atoms with Gasteiger partial charge in [0.2, 0.25) is 0 Å². The Bertz CT molecular complexity index is 1390. The maximum atomic E-state index is 12.6. The number of rotatable bonds is 5. The van der Waals surface area contributed by atoms with Crippen molar-refractivity contribution < 1.29 is 9.53 Å². The van der Waals surface area contributed by atoms with Crippen molar-refractivity contribution in [2.24, 2.45) is 0 Å². The zero-order valence-corrected chi connectivity index (χ0v) is 17.6. The lowest BCUT2D eigenvalue weighted by atomic mass is 10.2. The van der Waals surface area contributed by atoms with E-state index in [2.05, 4.69) is 25.9 Å². The molecule has 0 unspecified atom stereocenters. The number of ether oxygens (including phenoxy) is 1. The normalized spacial score (nSPS) is 11.1. The largest absolute Gasteiger partial charge is 0.459 e. The molecule has 0 N–H and O–H groups in total. The van der Waals surface area contributed by atoms with E-state index >= 15 is 0 Å². The number of pyridine rings is 1. The third-order valence-electron chi connectivity index (χ3n) is 4.58. The van der Waals surface area contributed by atoms with Crippen molar-refractivity contribution in [2.75, 3.05) is 0 Å². The van der Waals surface area contributed by atoms with Crippen LogP contribution in [0.5, 0.6) is 0 Å². The molecule has 9 heteroatoms. The number of hydrogen-bond acceptors (Lipinski definition) is 6. The molecule has 0 aliphatic heterocycles. The highest BCUT2D eigenvalue weighted by atomic mass is 79.9. The smallest absolute Gasteiger partial charge is 0.307 e. The van der Waals surface area contributed by atoms with Gasteiger partial charge in [0.05, 0.1) is 29.3 Å². The molecule has 1 aromatic carbocycles. The number of carbonyl (C=O) groups is 1. The molecule has 3 heterocycles. The van der Waals surface area contributed by atoms with Crippen molar-refractivity contribution in [3.63, 3.8) is 0 Å². The first-order valence-corrected chi connectivity index (χ1v) is 9.99. The lowest BCUT2D eigenvalue weighted by molar-refractivity contribution is -0.145. The number of nitrogens with zero attached hydrogens (tertiary/aromatic N) is 4. The Kier molecular flexibility index (Phi) is 5.45. The molecule has 0 amide bonds. The maximum Gasteiger partial charge on any atom is 0.307 e. The van der Waals surface area contributed by atoms with Crippen LogP contribution in [0.1, 0.15) is 17.7 Å². The van der Waals surface area contributed by atoms with Crippen molar-refractivity contribution in [1.29, 1.82) is 0 Å². The Morgan fingerprint density at radius 3 is 2.83 bits per heavy atom. The van der Waals surface area contributed by atoms with Crippen LogP contribution in [0.3, 0.4) is 0 Å². The Morgan fingerprint density at radius 1 is 1.17 bits per heavy atom. The molecule has 0 bridgehead atoms. The van der Waals surface area contributed by atoms with Crippen LogP contribution in [-0.4, -0.2) is 24.9 Å². The Hall–Kier alpha value is -3.33. The van der Waals surface area contributed by atoms with Crippen LogP contribution in [0.2, 0.25) is 0 Å². The Morgan fingerprint density at radius 2 is 2.00 bits per heavy atom. The molecule has 0 spiro atoms. The van der Waals surface area contributed by atoms with Crippen LogP contribution in [0.25, 0.3) is 16.6 Å². The summed E-state index contributed by atoms with van der Waals surface area (Å²) in [4.78, 5) is 45.5. The first-order valence-electron chi connectivity index (χ1n) is 9.20. The van der Waals surface area contributed by atoms with Crippen molar-refractivity contribution >= 4 is 38.4 Å². The second kappa shape index (κ2) is 8.19. The van der Waals surface area contributed by atoms with Crippen molar-refractivity contribution in [1.82, 2.24) is 18.9 Å². The highest BCUT2D eigenvalue weighted by Crippen LogP contribution is 2.15. The van der Waals surface area contributed by atoms with Crippen LogP contribution in [0.15, 0.2) is 63.0 Å². The lowest BCUT2D eigenvalue weighted by Crippen LogP contribution is -2.22. The highest BCUT2D eigenvalue weighted by molar-refractivity contribution is 9.10. The van der Waals surface area contributed by atoms with Gasteiger partial charge in [-0.15, -0.1) is 0 Å². The second-order valence-electron chi connectivity index (χ2n) is 6.84. The summed E-state index contributed by atoms with van der Waals surface area (Å²) in [6.07, 6.45) is 3.11. The van der Waals surface area contributed by atoms with Gasteiger partial charge in [-0.3, -0.25) is 23.4 Å². The molecule has 3 aromatic heterocycles. The van der Waals surface area contributed by atoms with E-state index in [1.807, 2.05) is 19.1 Å². The lowest BCUT2D eigenvalue weighted by Gasteiger charge is -2.08. The first-order chi connectivity index (χ1) is 14.4. The Balaban J connectivity index is 1.42. The molecular weight excluding hydrogens is 452 g/mol. The topological polar surface area (TPSA) is 95.6 Å². The molecule has 4 rings (SSSR count). The quantitative estimate of drug-likeness (QED) is 0.417. The van der Waals surface area contributed by atoms with E-state index < -0.39 is 5.97 Å². The fourth-order valence-corrected chi connectivity index (χ4v) is 3.42. The molecule has 0 saturated heterocycles. The van der Waals surface area contributed by atoms with Gasteiger partial charge in [-0.05, 0) is 36.8 Å². The molecule has 0 fully saturated rings. The van der Waals surface area contributed by atoms with E-state index in [-0.39, 0.29) is 30.7 Å². The zero-order valence-electron chi connectivity index (χ0n) is 16.0. The van der Waals surface area contributed by atoms with Gasteiger partial charge in [-0.25, -0.2) is 9.97 Å². The maximum absolute atomic E-state index is 12.6. The van der Waals surface area contributed by atoms with E-state index in [9.17, 15) is 14.4 Å². The minimum Gasteiger partial charge on any atom is -0.459 e. The molecule has 0 atom stereocenters. The predicted octanol–water partition coefficient (Wildman–Crippen LogP) is 2.61. The molecular formula is C21H17BrN4O4. The van der Waals surface area contributed by atoms with Gasteiger partial charge < -0.3 is 4.74 Å². The van der Waals surface area contributed by atoms with Gasteiger partial charge in [0.25, 0.3) is 11.1 Å². The van der Waals surface area contributed by atoms with Crippen LogP contribution >= 0.6 is 15.9 Å². The van der Waals surface area contributed by atoms with E-state index in [4.69, 9.17) is 4.74 Å². The van der Waals surface area contributed by atoms with Crippen molar-refractivity contribution in [3.8, 4) is 0 Å². The van der Waals surface area contributed by atoms with E-state index in [0.717, 1.165) is 10.0 Å². The number of carbonyl (C=O) groups excluding carboxylic acids is 1. The van der Waals surface area contributed by atoms with Crippen molar-refractivity contribution in [2.45, 2.75) is 26.5 Å². The monoisotopic (exact) mass is 468 g/mol. The summed E-state index contributed by atoms with van der Waals surface area (Å²) < 4.78 is 8.83. The van der Waals surface area contributed by atoms with Gasteiger partial charge in [-0.2, -0.15) is 0 Å². The van der Waals surface area contributed by atoms with Gasteiger partial charge in [0.15, 0.2) is 0 Å². The summed E-state index contributed by atoms with van der Waals surface area (Å²) >= 11 is 3.34. The van der Waals surface area contributed by atoms with Crippen LogP contribution < -0.4 is 11.1 Å². The van der Waals surface area contributed by atoms with E-state index in [1.165, 1.54) is 21.4 Å². The standard InChI is InChI=1S/C21H17BrN4O4/c1-13-2-5-18-24-15(9-19(27)26(18)10-13)11-30-20(28)6-7-25-12-23-17-4-3-14(22)8-16(17)21(25)29/h2-5,8-10,12H,6-7,11H2,1H3. The summed E-state index contributed by atoms with van der Waals surface area (Å²) in [7, 11) is 0. The highest BCUT2D eigenvalue weighted by Gasteiger charge is 2.10. The summed E-state index contributed by atoms with van der Waals surface area (Å²) in [5.74, 6) is -0.498. The summed E-state index contributed by atoms with van der Waals surface area (Å²) in [5, 5.41) is 0.469. The molecule has 30 heavy (non-hydrogen) atoms. The third kappa shape index (κ3) is 4.16. The van der Waals surface area contributed by atoms with Crippen LogP contribution in [-0.2, 0) is 22.7 Å². The van der Waals surface area contributed by atoms with Gasteiger partial charge >= 0.3 is 5.97 Å². The van der Waals surface area contributed by atoms with Crippen LogP contribution in [0.4, 0.5) is 0 Å². The minimum absolute atomic E-state index is 0.00709. The molecule has 8 nitrogen and oxygen atoms in total. The fraction of sp³-hybridized carbons (Fsp3) is 0.190. The van der Waals surface area contributed by atoms with Crippen LogP contribution in [0, 0.1) is 6.92 Å². The first kappa shape index (κ1) is 20.0. The molecule has 152 valence electrons. The van der Waals surface area contributed by atoms with Gasteiger partial charge in [0.1, 0.15) is 12.3 Å². The number of benzene rings is 1. The average Bonchev–Trinajstić information content (AvgIpc) is 2.73. The zero-order chi connectivity index (χ0) is 21.3. The van der Waals surface area contributed by atoms with E-state index in [0.29, 0.717) is 22.2 Å².